The normalized spacial score (nSPS) is 21.5. The smallest absolute Gasteiger partial charge is 0.220 e. The quantitative estimate of drug-likeness (QED) is 0.424. The Kier molecular flexibility index (Phi) is 5.66. The Hall–Kier alpha value is -3.43. The number of methoxy groups -OCH3 is 1. The van der Waals surface area contributed by atoms with Crippen LogP contribution in [0.4, 0.5) is 5.95 Å². The first kappa shape index (κ1) is 22.1. The number of hydrogen-bond acceptors (Lipinski definition) is 9. The van der Waals surface area contributed by atoms with Gasteiger partial charge in [-0.2, -0.15) is 0 Å². The summed E-state index contributed by atoms with van der Waals surface area (Å²) < 4.78 is 18.9. The van der Waals surface area contributed by atoms with Crippen LogP contribution in [0.3, 0.4) is 0 Å². The molecule has 1 saturated carbocycles. The molecule has 3 unspecified atom stereocenters. The predicted octanol–water partition coefficient (Wildman–Crippen LogP) is 4.36. The fraction of sp³-hybridized carbons (Fsp3) is 0.346. The number of aliphatic hydroxyl groups is 1. The molecule has 2 aromatic heterocycles. The van der Waals surface area contributed by atoms with E-state index in [2.05, 4.69) is 16.0 Å². The Labute approximate surface area is 206 Å². The zero-order valence-corrected chi connectivity index (χ0v) is 20.1. The van der Waals surface area contributed by atoms with E-state index in [9.17, 15) is 5.11 Å². The second-order valence-corrected chi connectivity index (χ2v) is 10.1. The van der Waals surface area contributed by atoms with Crippen molar-refractivity contribution in [2.24, 2.45) is 0 Å². The largest absolute Gasteiger partial charge is 0.497 e. The molecule has 1 aliphatic heterocycles. The monoisotopic (exact) mass is 490 g/mol. The summed E-state index contributed by atoms with van der Waals surface area (Å²) >= 11 is 1.65. The van der Waals surface area contributed by atoms with Crippen molar-refractivity contribution in [3.63, 3.8) is 0 Å². The summed E-state index contributed by atoms with van der Waals surface area (Å²) in [6.07, 6.45) is 4.31. The van der Waals surface area contributed by atoms with Crippen LogP contribution in [0.15, 0.2) is 42.6 Å². The minimum atomic E-state index is -0.317. The zero-order chi connectivity index (χ0) is 23.9. The molecule has 9 heteroatoms. The Balaban J connectivity index is 1.38. The van der Waals surface area contributed by atoms with Crippen molar-refractivity contribution in [2.45, 2.75) is 43.8 Å². The Morgan fingerprint density at radius 3 is 2.86 bits per heavy atom. The lowest BCUT2D eigenvalue weighted by Gasteiger charge is -2.24. The zero-order valence-electron chi connectivity index (χ0n) is 19.3. The van der Waals surface area contributed by atoms with Crippen LogP contribution < -0.4 is 19.9 Å². The lowest BCUT2D eigenvalue weighted by atomic mass is 9.97. The number of nitrogens with zero attached hydrogens (tertiary/aromatic N) is 3. The fourth-order valence-corrected chi connectivity index (χ4v) is 5.93. The van der Waals surface area contributed by atoms with Gasteiger partial charge in [0.05, 0.1) is 30.2 Å². The number of hydrogen-bond donors (Lipinski definition) is 2. The average Bonchev–Trinajstić information content (AvgIpc) is 3.49. The van der Waals surface area contributed by atoms with Gasteiger partial charge < -0.3 is 25.1 Å². The molecule has 0 amide bonds. The molecule has 3 atom stereocenters. The number of nitrogen functional groups attached to an aromatic ring is 1. The number of anilines is 1. The van der Waals surface area contributed by atoms with Gasteiger partial charge in [0.2, 0.25) is 5.95 Å². The maximum atomic E-state index is 10.00. The number of aromatic nitrogens is 3. The third-order valence-electron chi connectivity index (χ3n) is 6.62. The van der Waals surface area contributed by atoms with Crippen molar-refractivity contribution < 1.29 is 19.3 Å². The van der Waals surface area contributed by atoms with E-state index in [1.165, 1.54) is 0 Å². The van der Waals surface area contributed by atoms with Gasteiger partial charge in [-0.3, -0.25) is 0 Å². The highest BCUT2D eigenvalue weighted by Gasteiger charge is 2.28. The molecular formula is C26H26N4O4S. The minimum Gasteiger partial charge on any atom is -0.497 e. The lowest BCUT2D eigenvalue weighted by Crippen LogP contribution is -2.19. The summed E-state index contributed by atoms with van der Waals surface area (Å²) in [7, 11) is 1.67. The summed E-state index contributed by atoms with van der Waals surface area (Å²) in [4.78, 5) is 13.4. The van der Waals surface area contributed by atoms with E-state index in [4.69, 9.17) is 24.9 Å². The van der Waals surface area contributed by atoms with Crippen molar-refractivity contribution in [3.05, 3.63) is 53.2 Å². The highest BCUT2D eigenvalue weighted by atomic mass is 32.1. The molecule has 0 bridgehead atoms. The maximum Gasteiger partial charge on any atom is 0.220 e. The number of nitrogens with two attached hydrogens (primary N) is 1. The third-order valence-corrected chi connectivity index (χ3v) is 7.79. The summed E-state index contributed by atoms with van der Waals surface area (Å²) in [6.45, 7) is 0.569. The topological polar surface area (TPSA) is 113 Å². The molecule has 0 saturated heterocycles. The van der Waals surface area contributed by atoms with E-state index in [0.29, 0.717) is 18.8 Å². The molecule has 1 fully saturated rings. The molecule has 4 aromatic rings. The molecule has 8 nitrogen and oxygen atoms in total. The molecule has 3 N–H and O–H groups in total. The highest BCUT2D eigenvalue weighted by Crippen LogP contribution is 2.41. The van der Waals surface area contributed by atoms with E-state index >= 15 is 0 Å². The van der Waals surface area contributed by atoms with Gasteiger partial charge in [-0.1, -0.05) is 0 Å². The molecule has 3 heterocycles. The molecule has 2 aromatic carbocycles. The summed E-state index contributed by atoms with van der Waals surface area (Å²) in [5.41, 5.74) is 9.41. The highest BCUT2D eigenvalue weighted by molar-refractivity contribution is 7.18. The third kappa shape index (κ3) is 4.37. The summed E-state index contributed by atoms with van der Waals surface area (Å²) in [6, 6.07) is 11.8. The van der Waals surface area contributed by atoms with E-state index in [-0.39, 0.29) is 24.1 Å². The van der Waals surface area contributed by atoms with Crippen LogP contribution in [0, 0.1) is 0 Å². The molecule has 1 aliphatic carbocycles. The van der Waals surface area contributed by atoms with Gasteiger partial charge in [-0.05, 0) is 61.2 Å². The van der Waals surface area contributed by atoms with Crippen LogP contribution in [-0.2, 0) is 6.42 Å². The minimum absolute atomic E-state index is 0.0403. The number of ether oxygens (including phenoxy) is 3. The van der Waals surface area contributed by atoms with E-state index in [1.807, 2.05) is 30.3 Å². The number of fused-ring (bicyclic) bond motifs is 2. The SMILES string of the molecule is COc1ccc2c(c1)CC(c1nc3c(OC4CCC(O)C4)cc(-c4ccnc(N)n4)cc3s1)CO2. The Morgan fingerprint density at radius 1 is 1.14 bits per heavy atom. The van der Waals surface area contributed by atoms with Crippen molar-refractivity contribution in [2.75, 3.05) is 19.5 Å². The van der Waals surface area contributed by atoms with Crippen molar-refractivity contribution >= 4 is 27.5 Å². The summed E-state index contributed by atoms with van der Waals surface area (Å²) in [5.74, 6) is 2.78. The first-order chi connectivity index (χ1) is 17.1. The van der Waals surface area contributed by atoms with E-state index in [1.54, 1.807) is 24.6 Å². The molecule has 0 radical (unpaired) electrons. The summed E-state index contributed by atoms with van der Waals surface area (Å²) in [5, 5.41) is 11.0. The van der Waals surface area contributed by atoms with Gasteiger partial charge in [0.1, 0.15) is 33.9 Å². The second-order valence-electron chi connectivity index (χ2n) is 9.07. The first-order valence-corrected chi connectivity index (χ1v) is 12.5. The van der Waals surface area contributed by atoms with Gasteiger partial charge in [0.15, 0.2) is 0 Å². The van der Waals surface area contributed by atoms with E-state index in [0.717, 1.165) is 62.8 Å². The van der Waals surface area contributed by atoms with Crippen molar-refractivity contribution in [1.29, 1.82) is 0 Å². The van der Waals surface area contributed by atoms with Gasteiger partial charge in [-0.25, -0.2) is 15.0 Å². The molecule has 2 aliphatic rings. The van der Waals surface area contributed by atoms with Gasteiger partial charge in [0, 0.05) is 24.1 Å². The molecule has 35 heavy (non-hydrogen) atoms. The Bertz CT molecular complexity index is 1390. The van der Waals surface area contributed by atoms with E-state index < -0.39 is 0 Å². The standard InChI is InChI=1S/C26H26N4O4S/c1-32-18-4-5-21-15(9-18)8-16(13-33-21)25-30-24-22(34-19-3-2-17(31)12-19)10-14(11-23(24)35-25)20-6-7-28-26(27)29-20/h4-7,9-11,16-17,19,31H,2-3,8,12-13H2,1H3,(H2,27,28,29). The second kappa shape index (κ2) is 8.98. The molecule has 6 rings (SSSR count). The fourth-order valence-electron chi connectivity index (χ4n) is 4.82. The van der Waals surface area contributed by atoms with Gasteiger partial charge in [-0.15, -0.1) is 11.3 Å². The number of rotatable bonds is 5. The van der Waals surface area contributed by atoms with Gasteiger partial charge >= 0.3 is 0 Å². The van der Waals surface area contributed by atoms with Crippen LogP contribution in [0.25, 0.3) is 21.5 Å². The van der Waals surface area contributed by atoms with Crippen LogP contribution in [-0.4, -0.2) is 46.0 Å². The van der Waals surface area contributed by atoms with Crippen LogP contribution in [0.5, 0.6) is 17.2 Å². The van der Waals surface area contributed by atoms with Crippen LogP contribution in [0.1, 0.15) is 35.8 Å². The van der Waals surface area contributed by atoms with Crippen LogP contribution >= 0.6 is 11.3 Å². The Morgan fingerprint density at radius 2 is 2.06 bits per heavy atom. The maximum absolute atomic E-state index is 10.00. The molecule has 0 spiro atoms. The van der Waals surface area contributed by atoms with Gasteiger partial charge in [0.25, 0.3) is 0 Å². The number of benzene rings is 2. The van der Waals surface area contributed by atoms with Crippen LogP contribution in [0.2, 0.25) is 0 Å². The number of aliphatic hydroxyl groups excluding tert-OH is 1. The molecule has 180 valence electrons. The molecular weight excluding hydrogens is 464 g/mol. The van der Waals surface area contributed by atoms with Crippen molar-refractivity contribution in [3.8, 4) is 28.5 Å². The predicted molar refractivity (Wildman–Crippen MR) is 134 cm³/mol. The lowest BCUT2D eigenvalue weighted by molar-refractivity contribution is 0.150. The van der Waals surface area contributed by atoms with Crippen molar-refractivity contribution in [1.82, 2.24) is 15.0 Å². The number of thiazole rings is 1. The first-order valence-electron chi connectivity index (χ1n) is 11.7. The average molecular weight is 491 g/mol.